The average molecular weight is 296 g/mol. The fourth-order valence-corrected chi connectivity index (χ4v) is 1.25. The van der Waals surface area contributed by atoms with Crippen LogP contribution in [0, 0.1) is 15.9 Å². The highest BCUT2D eigenvalue weighted by Gasteiger charge is 2.38. The summed E-state index contributed by atoms with van der Waals surface area (Å²) in [5, 5.41) is 20.9. The number of hydrogen-bond acceptors (Lipinski definition) is 4. The molecule has 1 aromatic rings. The number of benzene rings is 1. The molecule has 10 heteroatoms. The Morgan fingerprint density at radius 3 is 2.55 bits per heavy atom. The number of amides is 1. The Bertz CT molecular complexity index is 532. The second kappa shape index (κ2) is 5.82. The molecule has 0 aliphatic heterocycles. The topological polar surface area (TPSA) is 92.5 Å². The lowest BCUT2D eigenvalue weighted by Gasteiger charge is -2.14. The van der Waals surface area contributed by atoms with E-state index >= 15 is 0 Å². The van der Waals surface area contributed by atoms with Gasteiger partial charge in [0.1, 0.15) is 11.4 Å². The molecule has 0 fully saturated rings. The largest absolute Gasteiger partial charge is 0.416 e. The maximum atomic E-state index is 12.9. The van der Waals surface area contributed by atoms with Crippen molar-refractivity contribution in [1.82, 2.24) is 5.32 Å². The molecule has 1 atom stereocenters. The van der Waals surface area contributed by atoms with Crippen molar-refractivity contribution in [1.29, 1.82) is 0 Å². The number of nitrogens with zero attached hydrogens (tertiary/aromatic N) is 1. The third kappa shape index (κ3) is 3.88. The first kappa shape index (κ1) is 15.8. The van der Waals surface area contributed by atoms with Gasteiger partial charge in [-0.3, -0.25) is 14.9 Å². The molecule has 0 saturated heterocycles. The summed E-state index contributed by atoms with van der Waals surface area (Å²) in [6.45, 7) is -1.20. The maximum absolute atomic E-state index is 12.9. The first-order chi connectivity index (χ1) is 9.12. The minimum atomic E-state index is -4.94. The third-order valence-electron chi connectivity index (χ3n) is 2.23. The van der Waals surface area contributed by atoms with E-state index in [1.807, 2.05) is 0 Å². The van der Waals surface area contributed by atoms with E-state index in [4.69, 9.17) is 5.11 Å². The van der Waals surface area contributed by atoms with E-state index in [9.17, 15) is 32.5 Å². The van der Waals surface area contributed by atoms with Gasteiger partial charge in [0.2, 0.25) is 0 Å². The summed E-state index contributed by atoms with van der Waals surface area (Å²) >= 11 is 0. The van der Waals surface area contributed by atoms with Gasteiger partial charge in [-0.2, -0.15) is 13.2 Å². The molecule has 1 unspecified atom stereocenters. The number of aliphatic hydroxyl groups is 1. The second-order valence-corrected chi connectivity index (χ2v) is 3.69. The molecule has 110 valence electrons. The van der Waals surface area contributed by atoms with Crippen LogP contribution in [-0.2, 0) is 0 Å². The van der Waals surface area contributed by atoms with Crippen molar-refractivity contribution in [2.24, 2.45) is 0 Å². The van der Waals surface area contributed by atoms with E-state index in [1.54, 1.807) is 5.32 Å². The molecule has 0 aliphatic carbocycles. The van der Waals surface area contributed by atoms with Crippen molar-refractivity contribution in [2.45, 2.75) is 12.3 Å². The Labute approximate surface area is 109 Å². The molecule has 0 bridgehead atoms. The number of nitro groups is 1. The molecular formula is C10H8F4N2O4. The molecular weight excluding hydrogens is 288 g/mol. The quantitative estimate of drug-likeness (QED) is 0.499. The Kier molecular flexibility index (Phi) is 4.61. The molecule has 0 saturated carbocycles. The van der Waals surface area contributed by atoms with Gasteiger partial charge in [-0.15, -0.1) is 0 Å². The summed E-state index contributed by atoms with van der Waals surface area (Å²) in [5.41, 5.74) is -1.49. The summed E-state index contributed by atoms with van der Waals surface area (Å²) in [7, 11) is 0. The Morgan fingerprint density at radius 1 is 1.45 bits per heavy atom. The molecule has 0 aromatic heterocycles. The van der Waals surface area contributed by atoms with Crippen LogP contribution in [0.3, 0.4) is 0 Å². The molecule has 0 spiro atoms. The monoisotopic (exact) mass is 296 g/mol. The number of rotatable bonds is 4. The van der Waals surface area contributed by atoms with Crippen molar-refractivity contribution < 1.29 is 32.4 Å². The predicted molar refractivity (Wildman–Crippen MR) is 57.4 cm³/mol. The zero-order valence-electron chi connectivity index (χ0n) is 9.65. The summed E-state index contributed by atoms with van der Waals surface area (Å²) in [4.78, 5) is 21.1. The number of hydrogen-bond donors (Lipinski definition) is 2. The van der Waals surface area contributed by atoms with Crippen LogP contribution < -0.4 is 5.32 Å². The van der Waals surface area contributed by atoms with Crippen LogP contribution in [-0.4, -0.2) is 34.8 Å². The van der Waals surface area contributed by atoms with E-state index in [1.165, 1.54) is 0 Å². The molecule has 1 amide bonds. The van der Waals surface area contributed by atoms with Gasteiger partial charge in [0, 0.05) is 6.07 Å². The van der Waals surface area contributed by atoms with Gasteiger partial charge in [0.15, 0.2) is 6.10 Å². The highest BCUT2D eigenvalue weighted by molar-refractivity contribution is 5.98. The molecule has 20 heavy (non-hydrogen) atoms. The molecule has 0 aliphatic rings. The first-order valence-corrected chi connectivity index (χ1v) is 5.10. The van der Waals surface area contributed by atoms with E-state index in [0.717, 1.165) is 6.07 Å². The number of halogens is 4. The summed E-state index contributed by atoms with van der Waals surface area (Å²) in [5.74, 6) is -2.25. The van der Waals surface area contributed by atoms with Crippen LogP contribution in [0.15, 0.2) is 18.2 Å². The van der Waals surface area contributed by atoms with Crippen LogP contribution in [0.1, 0.15) is 10.4 Å². The van der Waals surface area contributed by atoms with Crippen molar-refractivity contribution in [3.05, 3.63) is 39.7 Å². The van der Waals surface area contributed by atoms with Gasteiger partial charge in [0.05, 0.1) is 11.5 Å². The standard InChI is InChI=1S/C10H8F4N2O4/c11-5-1-2-7(16(19)20)6(3-5)9(18)15-4-8(17)10(12,13)14/h1-3,8,17H,4H2,(H,15,18). The molecule has 0 heterocycles. The van der Waals surface area contributed by atoms with E-state index in [0.29, 0.717) is 12.1 Å². The minimum Gasteiger partial charge on any atom is -0.382 e. The van der Waals surface area contributed by atoms with E-state index in [2.05, 4.69) is 0 Å². The van der Waals surface area contributed by atoms with Crippen LogP contribution in [0.25, 0.3) is 0 Å². The number of aliphatic hydroxyl groups excluding tert-OH is 1. The highest BCUT2D eigenvalue weighted by Crippen LogP contribution is 2.21. The minimum absolute atomic E-state index is 0.521. The zero-order chi connectivity index (χ0) is 15.5. The Hall–Kier alpha value is -2.23. The van der Waals surface area contributed by atoms with Crippen molar-refractivity contribution in [3.8, 4) is 0 Å². The van der Waals surface area contributed by atoms with Crippen LogP contribution in [0.4, 0.5) is 23.2 Å². The fourth-order valence-electron chi connectivity index (χ4n) is 1.25. The lowest BCUT2D eigenvalue weighted by molar-refractivity contribution is -0.385. The van der Waals surface area contributed by atoms with Crippen molar-refractivity contribution in [2.75, 3.05) is 6.54 Å². The maximum Gasteiger partial charge on any atom is 0.416 e. The summed E-state index contributed by atoms with van der Waals surface area (Å²) < 4.78 is 48.9. The SMILES string of the molecule is O=C(NCC(O)C(F)(F)F)c1cc(F)ccc1[N+](=O)[O-]. The summed E-state index contributed by atoms with van der Waals surface area (Å²) in [6.07, 6.45) is -7.76. The van der Waals surface area contributed by atoms with E-state index < -0.39 is 46.7 Å². The van der Waals surface area contributed by atoms with Crippen LogP contribution >= 0.6 is 0 Å². The van der Waals surface area contributed by atoms with E-state index in [-0.39, 0.29) is 0 Å². The van der Waals surface area contributed by atoms with Crippen molar-refractivity contribution >= 4 is 11.6 Å². The van der Waals surface area contributed by atoms with Crippen LogP contribution in [0.2, 0.25) is 0 Å². The first-order valence-electron chi connectivity index (χ1n) is 5.10. The molecule has 1 aromatic carbocycles. The van der Waals surface area contributed by atoms with Gasteiger partial charge in [0.25, 0.3) is 11.6 Å². The molecule has 6 nitrogen and oxygen atoms in total. The zero-order valence-corrected chi connectivity index (χ0v) is 9.65. The van der Waals surface area contributed by atoms with Crippen LogP contribution in [0.5, 0.6) is 0 Å². The highest BCUT2D eigenvalue weighted by atomic mass is 19.4. The van der Waals surface area contributed by atoms with Gasteiger partial charge in [-0.05, 0) is 12.1 Å². The lowest BCUT2D eigenvalue weighted by Crippen LogP contribution is -2.40. The normalized spacial score (nSPS) is 12.8. The second-order valence-electron chi connectivity index (χ2n) is 3.69. The average Bonchev–Trinajstić information content (AvgIpc) is 2.33. The van der Waals surface area contributed by atoms with Crippen molar-refractivity contribution in [3.63, 3.8) is 0 Å². The molecule has 2 N–H and O–H groups in total. The number of nitro benzene ring substituents is 1. The number of alkyl halides is 3. The molecule has 0 radical (unpaired) electrons. The summed E-state index contributed by atoms with van der Waals surface area (Å²) in [6, 6.07) is 1.97. The van der Waals surface area contributed by atoms with Gasteiger partial charge in [-0.25, -0.2) is 4.39 Å². The lowest BCUT2D eigenvalue weighted by atomic mass is 10.1. The molecule has 1 rings (SSSR count). The van der Waals surface area contributed by atoms with Gasteiger partial charge in [-0.1, -0.05) is 0 Å². The predicted octanol–water partition coefficient (Wildman–Crippen LogP) is 1.39. The smallest absolute Gasteiger partial charge is 0.382 e. The Morgan fingerprint density at radius 2 is 2.05 bits per heavy atom. The number of carbonyl (C=O) groups is 1. The van der Waals surface area contributed by atoms with Gasteiger partial charge < -0.3 is 10.4 Å². The number of nitrogens with one attached hydrogen (secondary N) is 1. The third-order valence-corrected chi connectivity index (χ3v) is 2.23. The van der Waals surface area contributed by atoms with Gasteiger partial charge >= 0.3 is 6.18 Å². The fraction of sp³-hybridized carbons (Fsp3) is 0.300. The Balaban J connectivity index is 2.88. The number of carbonyl (C=O) groups excluding carboxylic acids is 1.